The summed E-state index contributed by atoms with van der Waals surface area (Å²) in [5, 5.41) is 18.2. The quantitative estimate of drug-likeness (QED) is 0.377. The zero-order valence-corrected chi connectivity index (χ0v) is 10.6. The molecule has 0 aliphatic rings. The number of nitrogens with one attached hydrogen (secondary N) is 1. The maximum Gasteiger partial charge on any atom is 0.276 e. The molecule has 0 aromatic heterocycles. The van der Waals surface area contributed by atoms with Gasteiger partial charge in [-0.1, -0.05) is 24.3 Å². The Bertz CT molecular complexity index is 656. The number of hydrogen-bond acceptors (Lipinski definition) is 4. The van der Waals surface area contributed by atoms with Gasteiger partial charge in [-0.25, -0.2) is 0 Å². The van der Waals surface area contributed by atoms with E-state index in [0.29, 0.717) is 16.9 Å². The van der Waals surface area contributed by atoms with Crippen LogP contribution in [0.3, 0.4) is 0 Å². The molecule has 0 aliphatic carbocycles. The minimum absolute atomic E-state index is 0.0234. The van der Waals surface area contributed by atoms with E-state index in [4.69, 9.17) is 15.9 Å². The molecule has 3 N–H and O–H groups in total. The first-order chi connectivity index (χ1) is 9.58. The van der Waals surface area contributed by atoms with Gasteiger partial charge in [0.25, 0.3) is 5.69 Å². The Morgan fingerprint density at radius 3 is 2.70 bits per heavy atom. The maximum absolute atomic E-state index is 10.9. The van der Waals surface area contributed by atoms with E-state index < -0.39 is 4.92 Å². The number of rotatable bonds is 5. The van der Waals surface area contributed by atoms with Crippen molar-refractivity contribution in [2.24, 2.45) is 5.73 Å². The maximum atomic E-state index is 10.9. The van der Waals surface area contributed by atoms with Crippen LogP contribution in [0.4, 0.5) is 5.69 Å². The molecule has 0 saturated heterocycles. The third kappa shape index (κ3) is 3.11. The van der Waals surface area contributed by atoms with E-state index >= 15 is 0 Å². The Balaban J connectivity index is 2.15. The first kappa shape index (κ1) is 13.5. The predicted octanol–water partition coefficient (Wildman–Crippen LogP) is 2.46. The number of benzene rings is 2. The van der Waals surface area contributed by atoms with E-state index in [-0.39, 0.29) is 18.1 Å². The summed E-state index contributed by atoms with van der Waals surface area (Å²) in [4.78, 5) is 10.4. The molecule has 0 aliphatic heterocycles. The van der Waals surface area contributed by atoms with Gasteiger partial charge in [0, 0.05) is 11.6 Å². The summed E-state index contributed by atoms with van der Waals surface area (Å²) in [5.74, 6) is 0.456. The lowest BCUT2D eigenvalue weighted by molar-refractivity contribution is -0.385. The van der Waals surface area contributed by atoms with Crippen LogP contribution < -0.4 is 10.5 Å². The minimum atomic E-state index is -0.440. The van der Waals surface area contributed by atoms with E-state index in [9.17, 15) is 10.1 Å². The summed E-state index contributed by atoms with van der Waals surface area (Å²) in [6.45, 7) is 0.0819. The van der Waals surface area contributed by atoms with Crippen molar-refractivity contribution >= 4 is 11.5 Å². The van der Waals surface area contributed by atoms with Crippen LogP contribution in [0.25, 0.3) is 0 Å². The fourth-order valence-electron chi connectivity index (χ4n) is 1.73. The van der Waals surface area contributed by atoms with Crippen LogP contribution in [0.15, 0.2) is 48.5 Å². The van der Waals surface area contributed by atoms with Gasteiger partial charge in [-0.2, -0.15) is 0 Å². The van der Waals surface area contributed by atoms with Crippen LogP contribution in [0.1, 0.15) is 11.1 Å². The summed E-state index contributed by atoms with van der Waals surface area (Å²) in [7, 11) is 0. The molecule has 0 bridgehead atoms. The molecule has 2 aromatic rings. The number of nitrogens with two attached hydrogens (primary N) is 1. The zero-order valence-electron chi connectivity index (χ0n) is 10.6. The lowest BCUT2D eigenvalue weighted by atomic mass is 10.2. The summed E-state index contributed by atoms with van der Waals surface area (Å²) in [6.07, 6.45) is 0. The summed E-state index contributed by atoms with van der Waals surface area (Å²) in [5.41, 5.74) is 6.45. The number of nitro benzene ring substituents is 1. The fraction of sp³-hybridized carbons (Fsp3) is 0.0714. The summed E-state index contributed by atoms with van der Waals surface area (Å²) < 4.78 is 5.52. The van der Waals surface area contributed by atoms with Gasteiger partial charge in [0.05, 0.1) is 10.5 Å². The normalized spacial score (nSPS) is 10.0. The van der Waals surface area contributed by atoms with Crippen LogP contribution >= 0.6 is 0 Å². The minimum Gasteiger partial charge on any atom is -0.489 e. The van der Waals surface area contributed by atoms with Crippen molar-refractivity contribution in [3.63, 3.8) is 0 Å². The summed E-state index contributed by atoms with van der Waals surface area (Å²) >= 11 is 0. The molecule has 2 aromatic carbocycles. The third-order valence-electron chi connectivity index (χ3n) is 2.73. The lowest BCUT2D eigenvalue weighted by Gasteiger charge is -2.08. The number of nitro groups is 1. The molecule has 0 heterocycles. The van der Waals surface area contributed by atoms with Crippen LogP contribution in [0.2, 0.25) is 0 Å². The smallest absolute Gasteiger partial charge is 0.276 e. The Kier molecular flexibility index (Phi) is 3.95. The van der Waals surface area contributed by atoms with Gasteiger partial charge in [-0.3, -0.25) is 15.5 Å². The van der Waals surface area contributed by atoms with Crippen LogP contribution in [-0.2, 0) is 6.61 Å². The Morgan fingerprint density at radius 2 is 2.00 bits per heavy atom. The molecule has 0 atom stereocenters. The number of hydrogen-bond donors (Lipinski definition) is 2. The van der Waals surface area contributed by atoms with Crippen LogP contribution in [0, 0.1) is 15.5 Å². The largest absolute Gasteiger partial charge is 0.489 e. The fourth-order valence-corrected chi connectivity index (χ4v) is 1.73. The highest BCUT2D eigenvalue weighted by molar-refractivity contribution is 5.95. The second kappa shape index (κ2) is 5.83. The highest BCUT2D eigenvalue weighted by atomic mass is 16.6. The standard InChI is InChI=1S/C14H13N3O3/c15-14(16)10-5-3-6-12(8-10)20-9-11-4-1-2-7-13(11)17(18)19/h1-8H,9H2,(H3,15,16). The van der Waals surface area contributed by atoms with Gasteiger partial charge in [-0.15, -0.1) is 0 Å². The third-order valence-corrected chi connectivity index (χ3v) is 2.73. The molecule has 0 unspecified atom stereocenters. The SMILES string of the molecule is N=C(N)c1cccc(OCc2ccccc2[N+](=O)[O-])c1. The van der Waals surface area contributed by atoms with Gasteiger partial charge < -0.3 is 10.5 Å². The van der Waals surface area contributed by atoms with Crippen molar-refractivity contribution in [1.82, 2.24) is 0 Å². The van der Waals surface area contributed by atoms with E-state index in [2.05, 4.69) is 0 Å². The topological polar surface area (TPSA) is 102 Å². The van der Waals surface area contributed by atoms with Crippen molar-refractivity contribution in [3.05, 3.63) is 69.8 Å². The first-order valence-corrected chi connectivity index (χ1v) is 5.87. The number of amidine groups is 1. The average molecular weight is 271 g/mol. The van der Waals surface area contributed by atoms with Gasteiger partial charge in [0.1, 0.15) is 18.2 Å². The molecular weight excluding hydrogens is 258 g/mol. The molecule has 0 amide bonds. The highest BCUT2D eigenvalue weighted by Gasteiger charge is 2.12. The second-order valence-electron chi connectivity index (χ2n) is 4.12. The Morgan fingerprint density at radius 1 is 1.25 bits per heavy atom. The Hall–Kier alpha value is -2.89. The molecule has 6 nitrogen and oxygen atoms in total. The van der Waals surface area contributed by atoms with Crippen molar-refractivity contribution < 1.29 is 9.66 Å². The molecular formula is C14H13N3O3. The lowest BCUT2D eigenvalue weighted by Crippen LogP contribution is -2.11. The van der Waals surface area contributed by atoms with Crippen LogP contribution in [0.5, 0.6) is 5.75 Å². The molecule has 2 rings (SSSR count). The number of ether oxygens (including phenoxy) is 1. The molecule has 0 radical (unpaired) electrons. The van der Waals surface area contributed by atoms with Crippen LogP contribution in [-0.4, -0.2) is 10.8 Å². The van der Waals surface area contributed by atoms with E-state index in [1.165, 1.54) is 6.07 Å². The second-order valence-corrected chi connectivity index (χ2v) is 4.12. The monoisotopic (exact) mass is 271 g/mol. The molecule has 0 fully saturated rings. The first-order valence-electron chi connectivity index (χ1n) is 5.87. The van der Waals surface area contributed by atoms with Gasteiger partial charge in [0.2, 0.25) is 0 Å². The average Bonchev–Trinajstić information content (AvgIpc) is 2.45. The number of nitrogen functional groups attached to an aromatic ring is 1. The van der Waals surface area contributed by atoms with E-state index in [1.54, 1.807) is 42.5 Å². The molecule has 6 heteroatoms. The molecule has 20 heavy (non-hydrogen) atoms. The van der Waals surface area contributed by atoms with Gasteiger partial charge in [-0.05, 0) is 18.2 Å². The van der Waals surface area contributed by atoms with Gasteiger partial charge >= 0.3 is 0 Å². The molecule has 102 valence electrons. The Labute approximate surface area is 115 Å². The van der Waals surface area contributed by atoms with E-state index in [1.807, 2.05) is 0 Å². The molecule has 0 spiro atoms. The highest BCUT2D eigenvalue weighted by Crippen LogP contribution is 2.20. The molecule has 0 saturated carbocycles. The number of para-hydroxylation sites is 1. The van der Waals surface area contributed by atoms with Crippen molar-refractivity contribution in [2.75, 3.05) is 0 Å². The van der Waals surface area contributed by atoms with E-state index in [0.717, 1.165) is 0 Å². The summed E-state index contributed by atoms with van der Waals surface area (Å²) in [6, 6.07) is 13.2. The van der Waals surface area contributed by atoms with Gasteiger partial charge in [0.15, 0.2) is 0 Å². The predicted molar refractivity (Wildman–Crippen MR) is 74.9 cm³/mol. The van der Waals surface area contributed by atoms with Crippen molar-refractivity contribution in [1.29, 1.82) is 5.41 Å². The van der Waals surface area contributed by atoms with Crippen molar-refractivity contribution in [2.45, 2.75) is 6.61 Å². The number of nitrogens with zero attached hydrogens (tertiary/aromatic N) is 1. The van der Waals surface area contributed by atoms with Crippen molar-refractivity contribution in [3.8, 4) is 5.75 Å². The zero-order chi connectivity index (χ0) is 14.5.